The first-order valence-electron chi connectivity index (χ1n) is 8.34. The summed E-state index contributed by atoms with van der Waals surface area (Å²) in [7, 11) is 1.31. The van der Waals surface area contributed by atoms with Crippen LogP contribution in [0.2, 0.25) is 0 Å². The van der Waals surface area contributed by atoms with Crippen LogP contribution in [0.5, 0.6) is 0 Å². The number of hydrogen-bond donors (Lipinski definition) is 1. The molecule has 3 rings (SSSR count). The molecule has 1 saturated heterocycles. The maximum absolute atomic E-state index is 12.7. The molecule has 1 aromatic rings. The average Bonchev–Trinajstić information content (AvgIpc) is 3.21. The Morgan fingerprint density at radius 3 is 2.85 bits per heavy atom. The number of methoxy groups -OCH3 is 1. The Labute approximate surface area is 160 Å². The van der Waals surface area contributed by atoms with Gasteiger partial charge in [0.2, 0.25) is 5.60 Å². The summed E-state index contributed by atoms with van der Waals surface area (Å²) < 4.78 is 11.0. The van der Waals surface area contributed by atoms with Crippen LogP contribution in [0.15, 0.2) is 27.8 Å². The van der Waals surface area contributed by atoms with Crippen molar-refractivity contribution < 1.29 is 23.9 Å². The Hall–Kier alpha value is -1.93. The Balaban J connectivity index is 1.62. The Morgan fingerprint density at radius 2 is 2.15 bits per heavy atom. The van der Waals surface area contributed by atoms with Crippen molar-refractivity contribution in [1.82, 2.24) is 5.32 Å². The molecular formula is C18H21BrN2O5. The fourth-order valence-corrected chi connectivity index (χ4v) is 3.69. The van der Waals surface area contributed by atoms with Crippen LogP contribution < -0.4 is 5.32 Å². The molecule has 0 aliphatic carbocycles. The summed E-state index contributed by atoms with van der Waals surface area (Å²) in [5.41, 5.74) is 1.65. The van der Waals surface area contributed by atoms with Crippen molar-refractivity contribution in [3.8, 4) is 0 Å². The highest BCUT2D eigenvalue weighted by Crippen LogP contribution is 2.29. The minimum atomic E-state index is -1.09. The molecule has 1 fully saturated rings. The Kier molecular flexibility index (Phi) is 5.34. The van der Waals surface area contributed by atoms with Crippen LogP contribution in [0, 0.1) is 6.92 Å². The number of rotatable bonds is 4. The topological polar surface area (TPSA) is 86.2 Å². The highest BCUT2D eigenvalue weighted by Gasteiger charge is 2.44. The van der Waals surface area contributed by atoms with Gasteiger partial charge in [-0.2, -0.15) is 0 Å². The van der Waals surface area contributed by atoms with Gasteiger partial charge in [-0.05, 0) is 31.5 Å². The second-order valence-corrected chi connectivity index (χ2v) is 7.72. The number of halogens is 1. The molecule has 0 saturated carbocycles. The molecule has 1 aromatic carbocycles. The van der Waals surface area contributed by atoms with Crippen LogP contribution in [0.4, 0.5) is 0 Å². The first-order chi connectivity index (χ1) is 12.3. The molecule has 0 bridgehead atoms. The standard InChI is InChI=1S/C18H21BrN2O5/c1-10-4-11(6-12(19)5-10)14-8-18(2,26-21-14)17(23)20-13-7-15(25-9-13)16(22)24-3/h4-6,13,15H,7-9H2,1-3H3,(H,20,23)/t13-,15-,18?/m1/s1. The van der Waals surface area contributed by atoms with E-state index in [9.17, 15) is 9.59 Å². The number of benzene rings is 1. The summed E-state index contributed by atoms with van der Waals surface area (Å²) in [5, 5.41) is 7.01. The van der Waals surface area contributed by atoms with Crippen molar-refractivity contribution in [3.63, 3.8) is 0 Å². The van der Waals surface area contributed by atoms with Crippen LogP contribution in [0.3, 0.4) is 0 Å². The molecule has 2 aliphatic heterocycles. The van der Waals surface area contributed by atoms with E-state index in [2.05, 4.69) is 31.1 Å². The van der Waals surface area contributed by atoms with Crippen molar-refractivity contribution in [3.05, 3.63) is 33.8 Å². The fraction of sp³-hybridized carbons (Fsp3) is 0.500. The number of aryl methyl sites for hydroxylation is 1. The lowest BCUT2D eigenvalue weighted by atomic mass is 9.94. The number of carbonyl (C=O) groups excluding carboxylic acids is 2. The van der Waals surface area contributed by atoms with Crippen LogP contribution in [-0.2, 0) is 23.9 Å². The lowest BCUT2D eigenvalue weighted by molar-refractivity contribution is -0.151. The molecule has 140 valence electrons. The number of nitrogens with one attached hydrogen (secondary N) is 1. The third-order valence-corrected chi connectivity index (χ3v) is 4.97. The number of ether oxygens (including phenoxy) is 2. The third kappa shape index (κ3) is 3.91. The Morgan fingerprint density at radius 1 is 1.38 bits per heavy atom. The fourth-order valence-electron chi connectivity index (χ4n) is 3.08. The molecular weight excluding hydrogens is 404 g/mol. The smallest absolute Gasteiger partial charge is 0.335 e. The number of nitrogens with zero attached hydrogens (tertiary/aromatic N) is 1. The number of oxime groups is 1. The van der Waals surface area contributed by atoms with E-state index in [0.717, 1.165) is 21.3 Å². The zero-order chi connectivity index (χ0) is 18.9. The van der Waals surface area contributed by atoms with E-state index in [1.165, 1.54) is 7.11 Å². The summed E-state index contributed by atoms with van der Waals surface area (Å²) >= 11 is 3.47. The van der Waals surface area contributed by atoms with Gasteiger partial charge in [-0.25, -0.2) is 4.79 Å². The maximum Gasteiger partial charge on any atom is 0.335 e. The molecule has 2 aliphatic rings. The van der Waals surface area contributed by atoms with Crippen molar-refractivity contribution in [2.75, 3.05) is 13.7 Å². The van der Waals surface area contributed by atoms with Gasteiger partial charge in [-0.3, -0.25) is 4.79 Å². The molecule has 1 amide bonds. The lowest BCUT2D eigenvalue weighted by Crippen LogP contribution is -2.49. The van der Waals surface area contributed by atoms with E-state index in [4.69, 9.17) is 9.57 Å². The largest absolute Gasteiger partial charge is 0.467 e. The molecule has 0 aromatic heterocycles. The molecule has 8 heteroatoms. The number of carbonyl (C=O) groups is 2. The van der Waals surface area contributed by atoms with Crippen molar-refractivity contribution >= 4 is 33.5 Å². The van der Waals surface area contributed by atoms with Gasteiger partial charge in [0, 0.05) is 22.9 Å². The lowest BCUT2D eigenvalue weighted by Gasteiger charge is -2.22. The number of amides is 1. The summed E-state index contributed by atoms with van der Waals surface area (Å²) in [6.45, 7) is 3.96. The monoisotopic (exact) mass is 424 g/mol. The number of esters is 1. The van der Waals surface area contributed by atoms with Crippen LogP contribution >= 0.6 is 15.9 Å². The minimum Gasteiger partial charge on any atom is -0.467 e. The van der Waals surface area contributed by atoms with Crippen molar-refractivity contribution in [2.45, 2.75) is 44.4 Å². The van der Waals surface area contributed by atoms with Crippen molar-refractivity contribution in [2.24, 2.45) is 5.16 Å². The zero-order valence-corrected chi connectivity index (χ0v) is 16.5. The van der Waals surface area contributed by atoms with Gasteiger partial charge < -0.3 is 19.6 Å². The summed E-state index contributed by atoms with van der Waals surface area (Å²) in [6.07, 6.45) is 0.106. The zero-order valence-electron chi connectivity index (χ0n) is 14.9. The van der Waals surface area contributed by atoms with E-state index >= 15 is 0 Å². The van der Waals surface area contributed by atoms with Gasteiger partial charge >= 0.3 is 5.97 Å². The first-order valence-corrected chi connectivity index (χ1v) is 9.13. The van der Waals surface area contributed by atoms with Gasteiger partial charge in [-0.15, -0.1) is 0 Å². The highest BCUT2D eigenvalue weighted by atomic mass is 79.9. The summed E-state index contributed by atoms with van der Waals surface area (Å²) in [5.74, 6) is -0.706. The minimum absolute atomic E-state index is 0.260. The molecule has 0 radical (unpaired) electrons. The second kappa shape index (κ2) is 7.36. The maximum atomic E-state index is 12.7. The first kappa shape index (κ1) is 18.8. The van der Waals surface area contributed by atoms with Gasteiger partial charge in [0.15, 0.2) is 6.10 Å². The van der Waals surface area contributed by atoms with Gasteiger partial charge in [0.1, 0.15) is 0 Å². The molecule has 26 heavy (non-hydrogen) atoms. The van der Waals surface area contributed by atoms with Crippen LogP contribution in [0.25, 0.3) is 0 Å². The molecule has 2 heterocycles. The van der Waals surface area contributed by atoms with E-state index in [0.29, 0.717) is 12.8 Å². The van der Waals surface area contributed by atoms with Crippen LogP contribution in [0.1, 0.15) is 30.9 Å². The van der Waals surface area contributed by atoms with E-state index < -0.39 is 17.7 Å². The average molecular weight is 425 g/mol. The highest BCUT2D eigenvalue weighted by molar-refractivity contribution is 9.10. The normalized spacial score (nSPS) is 27.6. The van der Waals surface area contributed by atoms with E-state index in [1.54, 1.807) is 6.92 Å². The van der Waals surface area contributed by atoms with Gasteiger partial charge in [-0.1, -0.05) is 27.2 Å². The summed E-state index contributed by atoms with van der Waals surface area (Å²) in [6, 6.07) is 5.69. The van der Waals surface area contributed by atoms with Crippen molar-refractivity contribution in [1.29, 1.82) is 0 Å². The summed E-state index contributed by atoms with van der Waals surface area (Å²) in [4.78, 5) is 29.7. The van der Waals surface area contributed by atoms with E-state index in [1.807, 2.05) is 25.1 Å². The van der Waals surface area contributed by atoms with E-state index in [-0.39, 0.29) is 18.6 Å². The van der Waals surface area contributed by atoms with Gasteiger partial charge in [0.05, 0.1) is 25.5 Å². The number of hydrogen-bond acceptors (Lipinski definition) is 6. The Bertz CT molecular complexity index is 746. The predicted molar refractivity (Wildman–Crippen MR) is 97.8 cm³/mol. The quantitative estimate of drug-likeness (QED) is 0.747. The predicted octanol–water partition coefficient (Wildman–Crippen LogP) is 2.09. The second-order valence-electron chi connectivity index (χ2n) is 6.81. The van der Waals surface area contributed by atoms with Crippen LogP contribution in [-0.4, -0.2) is 49.1 Å². The molecule has 0 spiro atoms. The molecule has 1 unspecified atom stereocenters. The molecule has 3 atom stereocenters. The third-order valence-electron chi connectivity index (χ3n) is 4.51. The van der Waals surface area contributed by atoms with Gasteiger partial charge in [0.25, 0.3) is 5.91 Å². The molecule has 7 nitrogen and oxygen atoms in total. The SMILES string of the molecule is COC(=O)[C@H]1C[C@@H](NC(=O)C2(C)CC(c3cc(C)cc(Br)c3)=NO2)CO1. The molecule has 1 N–H and O–H groups in total.